The molecule has 0 saturated heterocycles. The van der Waals surface area contributed by atoms with Crippen LogP contribution in [0.4, 0.5) is 5.69 Å². The Labute approximate surface area is 152 Å². The first-order valence-corrected chi connectivity index (χ1v) is 8.06. The third-order valence-electron chi connectivity index (χ3n) is 4.02. The lowest BCUT2D eigenvalue weighted by Crippen LogP contribution is -2.25. The van der Waals surface area contributed by atoms with Gasteiger partial charge in [-0.3, -0.25) is 9.59 Å². The largest absolute Gasteiger partial charge is 0.465 e. The zero-order chi connectivity index (χ0) is 19.3. The van der Waals surface area contributed by atoms with Gasteiger partial charge in [0.05, 0.1) is 12.7 Å². The van der Waals surface area contributed by atoms with Crippen LogP contribution in [-0.2, 0) is 19.1 Å². The molecule has 1 N–H and O–H groups in total. The zero-order valence-corrected chi connectivity index (χ0v) is 15.2. The van der Waals surface area contributed by atoms with E-state index in [1.807, 2.05) is 26.0 Å². The van der Waals surface area contributed by atoms with E-state index in [4.69, 9.17) is 4.74 Å². The Hall–Kier alpha value is -3.15. The van der Waals surface area contributed by atoms with Gasteiger partial charge < -0.3 is 14.8 Å². The molecule has 0 aliphatic rings. The predicted molar refractivity (Wildman–Crippen MR) is 96.8 cm³/mol. The minimum atomic E-state index is -1.13. The molecule has 136 valence electrons. The molecule has 0 heterocycles. The molecule has 6 heteroatoms. The van der Waals surface area contributed by atoms with Crippen LogP contribution in [0.5, 0.6) is 0 Å². The molecule has 1 atom stereocenters. The van der Waals surface area contributed by atoms with Gasteiger partial charge in [0.25, 0.3) is 5.91 Å². The first-order valence-electron chi connectivity index (χ1n) is 8.06. The third kappa shape index (κ3) is 4.47. The number of carbonyl (C=O) groups excluding carboxylic acids is 3. The summed E-state index contributed by atoms with van der Waals surface area (Å²) in [5, 5.41) is 2.80. The van der Waals surface area contributed by atoms with E-state index in [-0.39, 0.29) is 0 Å². The number of carbonyl (C=O) groups is 3. The summed E-state index contributed by atoms with van der Waals surface area (Å²) in [7, 11) is 1.29. The third-order valence-corrected chi connectivity index (χ3v) is 4.02. The summed E-state index contributed by atoms with van der Waals surface area (Å²) in [6.45, 7) is 5.08. The molecular formula is C20H21NO5. The molecule has 2 aromatic carbocycles. The summed E-state index contributed by atoms with van der Waals surface area (Å²) in [5.41, 5.74) is 3.42. The molecule has 0 fully saturated rings. The molecule has 26 heavy (non-hydrogen) atoms. The van der Waals surface area contributed by atoms with Crippen LogP contribution in [-0.4, -0.2) is 25.0 Å². The standard InChI is InChI=1S/C20H21NO5/c1-12-6-5-7-17(13(12)2)21-19(23)18(26-14(3)22)15-8-10-16(11-9-15)20(24)25-4/h5-11,18H,1-4H3,(H,21,23)/t18-/m0/s1. The first kappa shape index (κ1) is 19.2. The molecule has 0 saturated carbocycles. The fraction of sp³-hybridized carbons (Fsp3) is 0.250. The lowest BCUT2D eigenvalue weighted by atomic mass is 10.0. The molecule has 0 spiro atoms. The average Bonchev–Trinajstić information content (AvgIpc) is 2.62. The minimum Gasteiger partial charge on any atom is -0.465 e. The minimum absolute atomic E-state index is 0.341. The maximum absolute atomic E-state index is 12.7. The Morgan fingerprint density at radius 2 is 1.65 bits per heavy atom. The van der Waals surface area contributed by atoms with Gasteiger partial charge in [-0.1, -0.05) is 24.3 Å². The Morgan fingerprint density at radius 3 is 2.23 bits per heavy atom. The van der Waals surface area contributed by atoms with Gasteiger partial charge in [0.15, 0.2) is 0 Å². The van der Waals surface area contributed by atoms with Gasteiger partial charge in [-0.05, 0) is 43.2 Å². The molecule has 6 nitrogen and oxygen atoms in total. The summed E-state index contributed by atoms with van der Waals surface area (Å²) in [6, 6.07) is 11.7. The highest BCUT2D eigenvalue weighted by molar-refractivity contribution is 5.97. The van der Waals surface area contributed by atoms with E-state index >= 15 is 0 Å². The Kier molecular flexibility index (Phi) is 6.11. The van der Waals surface area contributed by atoms with Gasteiger partial charge in [0, 0.05) is 18.2 Å². The number of benzene rings is 2. The molecule has 1 amide bonds. The highest BCUT2D eigenvalue weighted by Crippen LogP contribution is 2.24. The van der Waals surface area contributed by atoms with Crippen molar-refractivity contribution in [2.75, 3.05) is 12.4 Å². The summed E-state index contributed by atoms with van der Waals surface area (Å²) < 4.78 is 9.85. The molecule has 0 aliphatic heterocycles. The number of aryl methyl sites for hydroxylation is 1. The SMILES string of the molecule is COC(=O)c1ccc([C@H](OC(C)=O)C(=O)Nc2cccc(C)c2C)cc1. The van der Waals surface area contributed by atoms with E-state index in [9.17, 15) is 14.4 Å². The van der Waals surface area contributed by atoms with Gasteiger partial charge in [-0.15, -0.1) is 0 Å². The maximum Gasteiger partial charge on any atom is 0.337 e. The monoisotopic (exact) mass is 355 g/mol. The molecule has 0 aliphatic carbocycles. The van der Waals surface area contributed by atoms with Crippen LogP contribution >= 0.6 is 0 Å². The number of hydrogen-bond donors (Lipinski definition) is 1. The number of hydrogen-bond acceptors (Lipinski definition) is 5. The maximum atomic E-state index is 12.7. The lowest BCUT2D eigenvalue weighted by molar-refractivity contribution is -0.152. The molecule has 2 aromatic rings. The molecule has 0 aromatic heterocycles. The van der Waals surface area contributed by atoms with Crippen molar-refractivity contribution in [2.24, 2.45) is 0 Å². The van der Waals surface area contributed by atoms with Crippen molar-refractivity contribution in [2.45, 2.75) is 26.9 Å². The highest BCUT2D eigenvalue weighted by Gasteiger charge is 2.25. The van der Waals surface area contributed by atoms with Gasteiger partial charge in [-0.25, -0.2) is 4.79 Å². The van der Waals surface area contributed by atoms with Gasteiger partial charge >= 0.3 is 11.9 Å². The van der Waals surface area contributed by atoms with Crippen LogP contribution in [0.25, 0.3) is 0 Å². The fourth-order valence-electron chi connectivity index (χ4n) is 2.44. The van der Waals surface area contributed by atoms with Gasteiger partial charge in [0.1, 0.15) is 0 Å². The second-order valence-electron chi connectivity index (χ2n) is 5.84. The first-order chi connectivity index (χ1) is 12.3. The highest BCUT2D eigenvalue weighted by atomic mass is 16.5. The number of methoxy groups -OCH3 is 1. The van der Waals surface area contributed by atoms with E-state index in [0.29, 0.717) is 16.8 Å². The molecular weight excluding hydrogens is 334 g/mol. The fourth-order valence-corrected chi connectivity index (χ4v) is 2.44. The van der Waals surface area contributed by atoms with Crippen molar-refractivity contribution in [3.05, 3.63) is 64.7 Å². The van der Waals surface area contributed by atoms with Gasteiger partial charge in [0.2, 0.25) is 6.10 Å². The van der Waals surface area contributed by atoms with E-state index in [2.05, 4.69) is 10.1 Å². The van der Waals surface area contributed by atoms with Gasteiger partial charge in [-0.2, -0.15) is 0 Å². The topological polar surface area (TPSA) is 81.7 Å². The molecule has 0 bridgehead atoms. The van der Waals surface area contributed by atoms with Crippen LogP contribution in [0, 0.1) is 13.8 Å². The number of anilines is 1. The smallest absolute Gasteiger partial charge is 0.337 e. The predicted octanol–water partition coefficient (Wildman–Crippen LogP) is 3.33. The van der Waals surface area contributed by atoms with Crippen molar-refractivity contribution in [3.8, 4) is 0 Å². The van der Waals surface area contributed by atoms with Crippen LogP contribution < -0.4 is 5.32 Å². The van der Waals surface area contributed by atoms with Crippen molar-refractivity contribution in [1.29, 1.82) is 0 Å². The van der Waals surface area contributed by atoms with E-state index < -0.39 is 23.9 Å². The summed E-state index contributed by atoms with van der Waals surface area (Å²) >= 11 is 0. The second-order valence-corrected chi connectivity index (χ2v) is 5.84. The van der Waals surface area contributed by atoms with Crippen LogP contribution in [0.3, 0.4) is 0 Å². The van der Waals surface area contributed by atoms with Crippen LogP contribution in [0.15, 0.2) is 42.5 Å². The Morgan fingerprint density at radius 1 is 1.00 bits per heavy atom. The molecule has 0 radical (unpaired) electrons. The van der Waals surface area contributed by atoms with Crippen molar-refractivity contribution < 1.29 is 23.9 Å². The number of ether oxygens (including phenoxy) is 2. The molecule has 2 rings (SSSR count). The van der Waals surface area contributed by atoms with Crippen molar-refractivity contribution in [1.82, 2.24) is 0 Å². The van der Waals surface area contributed by atoms with E-state index in [1.165, 1.54) is 26.2 Å². The number of nitrogens with one attached hydrogen (secondary N) is 1. The average molecular weight is 355 g/mol. The zero-order valence-electron chi connectivity index (χ0n) is 15.2. The van der Waals surface area contributed by atoms with Crippen LogP contribution in [0.2, 0.25) is 0 Å². The number of rotatable bonds is 5. The second kappa shape index (κ2) is 8.29. The normalized spacial score (nSPS) is 11.4. The van der Waals surface area contributed by atoms with E-state index in [1.54, 1.807) is 18.2 Å². The lowest BCUT2D eigenvalue weighted by Gasteiger charge is -2.18. The van der Waals surface area contributed by atoms with Crippen molar-refractivity contribution >= 4 is 23.5 Å². The number of esters is 2. The van der Waals surface area contributed by atoms with E-state index in [0.717, 1.165) is 11.1 Å². The van der Waals surface area contributed by atoms with Crippen LogP contribution in [0.1, 0.15) is 40.1 Å². The quantitative estimate of drug-likeness (QED) is 0.832. The molecule has 0 unspecified atom stereocenters. The summed E-state index contributed by atoms with van der Waals surface area (Å²) in [5.74, 6) is -1.54. The summed E-state index contributed by atoms with van der Waals surface area (Å²) in [6.07, 6.45) is -1.13. The Bertz CT molecular complexity index is 827. The number of amides is 1. The summed E-state index contributed by atoms with van der Waals surface area (Å²) in [4.78, 5) is 35.7. The Balaban J connectivity index is 2.28. The van der Waals surface area contributed by atoms with Crippen molar-refractivity contribution in [3.63, 3.8) is 0 Å².